The lowest BCUT2D eigenvalue weighted by molar-refractivity contribution is 0.0703. The number of thiophene rings is 1. The van der Waals surface area contributed by atoms with E-state index >= 15 is 0 Å². The van der Waals surface area contributed by atoms with Crippen molar-refractivity contribution in [3.8, 4) is 11.5 Å². The molecule has 142 valence electrons. The summed E-state index contributed by atoms with van der Waals surface area (Å²) in [5, 5.41) is 12.7. The Morgan fingerprint density at radius 3 is 2.66 bits per heavy atom. The van der Waals surface area contributed by atoms with Crippen LogP contribution in [0.5, 0.6) is 11.5 Å². The Balaban J connectivity index is 1.54. The van der Waals surface area contributed by atoms with Gasteiger partial charge in [-0.1, -0.05) is 0 Å². The molecule has 0 unspecified atom stereocenters. The number of carboxylic acids is 1. The fourth-order valence-corrected chi connectivity index (χ4v) is 4.16. The van der Waals surface area contributed by atoms with Crippen molar-refractivity contribution >= 4 is 50.6 Å². The Kier molecular flexibility index (Phi) is 3.88. The molecule has 0 saturated carbocycles. The van der Waals surface area contributed by atoms with E-state index in [1.807, 2.05) is 0 Å². The molecule has 4 aromatic rings. The summed E-state index contributed by atoms with van der Waals surface area (Å²) in [4.78, 5) is 34.7. The van der Waals surface area contributed by atoms with Gasteiger partial charge in [0.05, 0.1) is 28.6 Å². The number of carbonyl (C=O) groups is 2. The van der Waals surface area contributed by atoms with Crippen molar-refractivity contribution in [2.75, 3.05) is 10.2 Å². The van der Waals surface area contributed by atoms with Gasteiger partial charge in [0.2, 0.25) is 0 Å². The highest BCUT2D eigenvalue weighted by Crippen LogP contribution is 2.45. The van der Waals surface area contributed by atoms with Gasteiger partial charge in [-0.15, -0.1) is 11.3 Å². The highest BCUT2D eigenvalue weighted by atomic mass is 32.1. The third-order valence-corrected chi connectivity index (χ3v) is 5.49. The van der Waals surface area contributed by atoms with Crippen molar-refractivity contribution in [1.29, 1.82) is 0 Å². The van der Waals surface area contributed by atoms with Gasteiger partial charge in [0.1, 0.15) is 21.2 Å². The largest absolute Gasteiger partial charge is 0.477 e. The number of ether oxygens (including phenoxy) is 1. The first-order valence-electron chi connectivity index (χ1n) is 8.55. The number of rotatable bonds is 4. The lowest BCUT2D eigenvalue weighted by Gasteiger charge is -2.28. The molecule has 5 rings (SSSR count). The van der Waals surface area contributed by atoms with Gasteiger partial charge in [0, 0.05) is 12.4 Å². The van der Waals surface area contributed by atoms with Gasteiger partial charge in [-0.3, -0.25) is 9.88 Å². The number of nitrogens with one attached hydrogen (secondary N) is 1. The van der Waals surface area contributed by atoms with Crippen LogP contribution in [0, 0.1) is 0 Å². The molecule has 0 bridgehead atoms. The predicted octanol–water partition coefficient (Wildman–Crippen LogP) is 4.87. The van der Waals surface area contributed by atoms with Crippen LogP contribution >= 0.6 is 11.3 Å². The molecule has 0 spiro atoms. The highest BCUT2D eigenvalue weighted by molar-refractivity contribution is 7.21. The molecule has 1 aromatic carbocycles. The average molecular weight is 404 g/mol. The Bertz CT molecular complexity index is 1250. The number of carbonyl (C=O) groups excluding carboxylic acids is 1. The van der Waals surface area contributed by atoms with E-state index in [2.05, 4.69) is 15.3 Å². The SMILES string of the molecule is O=C(O)c1sc2nccc3c2c1NC(=O)N3c1ccc(Oc2cccnc2)cc1. The fraction of sp³-hybridized carbons (Fsp3) is 0. The smallest absolute Gasteiger partial charge is 0.348 e. The van der Waals surface area contributed by atoms with Crippen molar-refractivity contribution in [2.45, 2.75) is 0 Å². The van der Waals surface area contributed by atoms with Crippen LogP contribution in [-0.4, -0.2) is 27.1 Å². The fourth-order valence-electron chi connectivity index (χ4n) is 3.20. The first kappa shape index (κ1) is 17.1. The quantitative estimate of drug-likeness (QED) is 0.503. The number of carboxylic acid groups (broad SMARTS) is 1. The number of benzene rings is 1. The van der Waals surface area contributed by atoms with E-state index in [1.54, 1.807) is 61.1 Å². The van der Waals surface area contributed by atoms with Crippen molar-refractivity contribution in [2.24, 2.45) is 0 Å². The molecule has 0 fully saturated rings. The van der Waals surface area contributed by atoms with Crippen molar-refractivity contribution in [3.63, 3.8) is 0 Å². The minimum Gasteiger partial charge on any atom is -0.477 e. The maximum atomic E-state index is 12.8. The molecule has 1 aliphatic rings. The van der Waals surface area contributed by atoms with Crippen molar-refractivity contribution in [3.05, 3.63) is 65.9 Å². The molecule has 9 heteroatoms. The number of nitrogens with zero attached hydrogens (tertiary/aromatic N) is 3. The molecular weight excluding hydrogens is 392 g/mol. The number of amides is 2. The standard InChI is InChI=1S/C20H12N4O4S/c25-19(26)17-16-15-14(7-9-22-18(15)29-17)24(20(27)23-16)11-3-5-12(6-4-11)28-13-2-1-8-21-10-13/h1-10H,(H,23,27)(H,25,26). The van der Waals surface area contributed by atoms with E-state index in [0.717, 1.165) is 11.3 Å². The molecule has 29 heavy (non-hydrogen) atoms. The van der Waals surface area contributed by atoms with Crippen LogP contribution in [0.2, 0.25) is 0 Å². The van der Waals surface area contributed by atoms with Crippen molar-refractivity contribution in [1.82, 2.24) is 9.97 Å². The Labute approximate surface area is 168 Å². The molecule has 8 nitrogen and oxygen atoms in total. The monoisotopic (exact) mass is 404 g/mol. The van der Waals surface area contributed by atoms with E-state index in [9.17, 15) is 14.7 Å². The summed E-state index contributed by atoms with van der Waals surface area (Å²) in [5.41, 5.74) is 1.49. The van der Waals surface area contributed by atoms with E-state index in [1.165, 1.54) is 4.90 Å². The van der Waals surface area contributed by atoms with Crippen LogP contribution < -0.4 is 15.0 Å². The second-order valence-electron chi connectivity index (χ2n) is 6.17. The lowest BCUT2D eigenvalue weighted by Crippen LogP contribution is -2.34. The van der Waals surface area contributed by atoms with E-state index in [4.69, 9.17) is 4.74 Å². The highest BCUT2D eigenvalue weighted by Gasteiger charge is 2.32. The van der Waals surface area contributed by atoms with E-state index < -0.39 is 12.0 Å². The minimum atomic E-state index is -1.10. The Hall–Kier alpha value is -3.98. The first-order chi connectivity index (χ1) is 14.1. The summed E-state index contributed by atoms with van der Waals surface area (Å²) >= 11 is 1.04. The van der Waals surface area contributed by atoms with E-state index in [0.29, 0.717) is 38.8 Å². The maximum Gasteiger partial charge on any atom is 0.348 e. The van der Waals surface area contributed by atoms with Gasteiger partial charge in [-0.05, 0) is 42.5 Å². The predicted molar refractivity (Wildman–Crippen MR) is 108 cm³/mol. The maximum absolute atomic E-state index is 12.8. The third-order valence-electron chi connectivity index (χ3n) is 4.41. The molecular formula is C20H12N4O4S. The van der Waals surface area contributed by atoms with Gasteiger partial charge in [0.15, 0.2) is 0 Å². The van der Waals surface area contributed by atoms with Crippen LogP contribution in [0.25, 0.3) is 10.2 Å². The molecule has 0 aliphatic carbocycles. The summed E-state index contributed by atoms with van der Waals surface area (Å²) in [6.45, 7) is 0. The Morgan fingerprint density at radius 2 is 1.93 bits per heavy atom. The Morgan fingerprint density at radius 1 is 1.10 bits per heavy atom. The van der Waals surface area contributed by atoms with Gasteiger partial charge in [-0.25, -0.2) is 14.6 Å². The molecule has 0 atom stereocenters. The number of anilines is 3. The van der Waals surface area contributed by atoms with Crippen LogP contribution in [0.15, 0.2) is 61.1 Å². The molecule has 2 amide bonds. The summed E-state index contributed by atoms with van der Waals surface area (Å²) in [5.74, 6) is 0.110. The van der Waals surface area contributed by atoms with Crippen LogP contribution in [0.4, 0.5) is 21.9 Å². The van der Waals surface area contributed by atoms with Crippen molar-refractivity contribution < 1.29 is 19.4 Å². The molecule has 4 heterocycles. The zero-order chi connectivity index (χ0) is 20.0. The van der Waals surface area contributed by atoms with Gasteiger partial charge in [-0.2, -0.15) is 0 Å². The van der Waals surface area contributed by atoms with Gasteiger partial charge in [0.25, 0.3) is 0 Å². The lowest BCUT2D eigenvalue weighted by atomic mass is 10.1. The second kappa shape index (κ2) is 6.57. The third kappa shape index (κ3) is 2.84. The summed E-state index contributed by atoms with van der Waals surface area (Å²) in [6, 6.07) is 11.8. The number of pyridine rings is 2. The zero-order valence-electron chi connectivity index (χ0n) is 14.7. The summed E-state index contributed by atoms with van der Waals surface area (Å²) in [6.07, 6.45) is 4.84. The van der Waals surface area contributed by atoms with Crippen LogP contribution in [-0.2, 0) is 0 Å². The van der Waals surface area contributed by atoms with Gasteiger partial charge >= 0.3 is 12.0 Å². The minimum absolute atomic E-state index is 0.0631. The number of urea groups is 1. The molecule has 1 aliphatic heterocycles. The second-order valence-corrected chi connectivity index (χ2v) is 7.17. The van der Waals surface area contributed by atoms with E-state index in [-0.39, 0.29) is 4.88 Å². The summed E-state index contributed by atoms with van der Waals surface area (Å²) < 4.78 is 5.74. The normalized spacial score (nSPS) is 12.7. The number of hydrogen-bond donors (Lipinski definition) is 2. The number of aromatic nitrogens is 2. The molecule has 2 N–H and O–H groups in total. The molecule has 0 radical (unpaired) electrons. The van der Waals surface area contributed by atoms with Gasteiger partial charge < -0.3 is 15.2 Å². The number of hydrogen-bond acceptors (Lipinski definition) is 6. The van der Waals surface area contributed by atoms with Crippen LogP contribution in [0.3, 0.4) is 0 Å². The molecule has 3 aromatic heterocycles. The number of aromatic carboxylic acids is 1. The molecule has 0 saturated heterocycles. The topological polar surface area (TPSA) is 105 Å². The van der Waals surface area contributed by atoms with Crippen LogP contribution in [0.1, 0.15) is 9.67 Å². The summed E-state index contributed by atoms with van der Waals surface area (Å²) in [7, 11) is 0. The zero-order valence-corrected chi connectivity index (χ0v) is 15.5. The average Bonchev–Trinajstić information content (AvgIpc) is 3.10. The first-order valence-corrected chi connectivity index (χ1v) is 9.37.